The highest BCUT2D eigenvalue weighted by molar-refractivity contribution is 6.01. The molecule has 0 aromatic carbocycles. The number of amides is 2. The number of carbonyl (C=O) groups is 3. The third-order valence-electron chi connectivity index (χ3n) is 2.84. The van der Waals surface area contributed by atoms with Gasteiger partial charge < -0.3 is 20.3 Å². The van der Waals surface area contributed by atoms with Gasteiger partial charge in [-0.2, -0.15) is 0 Å². The molecule has 0 aromatic rings. The summed E-state index contributed by atoms with van der Waals surface area (Å²) < 4.78 is 4.70. The van der Waals surface area contributed by atoms with Crippen LogP contribution >= 0.6 is 0 Å². The molecule has 7 heteroatoms. The lowest BCUT2D eigenvalue weighted by Gasteiger charge is -2.35. The van der Waals surface area contributed by atoms with Crippen molar-refractivity contribution < 1.29 is 19.1 Å². The molecule has 0 radical (unpaired) electrons. The molecule has 0 spiro atoms. The van der Waals surface area contributed by atoms with E-state index in [1.54, 1.807) is 11.8 Å². The van der Waals surface area contributed by atoms with Crippen molar-refractivity contribution in [1.29, 1.82) is 0 Å². The van der Waals surface area contributed by atoms with E-state index in [-0.39, 0.29) is 12.5 Å². The van der Waals surface area contributed by atoms with Crippen LogP contribution in [0.25, 0.3) is 0 Å². The fourth-order valence-corrected chi connectivity index (χ4v) is 1.77. The fraction of sp³-hybridized carbons (Fsp3) is 0.727. The van der Waals surface area contributed by atoms with E-state index < -0.39 is 17.9 Å². The van der Waals surface area contributed by atoms with E-state index in [1.165, 1.54) is 11.8 Å². The second kappa shape index (κ2) is 6.34. The van der Waals surface area contributed by atoms with Crippen LogP contribution in [0.1, 0.15) is 13.8 Å². The van der Waals surface area contributed by atoms with Gasteiger partial charge in [-0.05, 0) is 6.92 Å². The quantitative estimate of drug-likeness (QED) is 0.494. The zero-order valence-corrected chi connectivity index (χ0v) is 10.7. The Kier molecular flexibility index (Phi) is 5.08. The molecule has 1 aliphatic rings. The largest absolute Gasteiger partial charge is 0.464 e. The van der Waals surface area contributed by atoms with Crippen molar-refractivity contribution in [2.45, 2.75) is 19.9 Å². The monoisotopic (exact) mass is 257 g/mol. The van der Waals surface area contributed by atoms with Crippen molar-refractivity contribution in [3.8, 4) is 0 Å². The molecule has 7 nitrogen and oxygen atoms in total. The van der Waals surface area contributed by atoms with Crippen molar-refractivity contribution in [3.63, 3.8) is 0 Å². The number of rotatable bonds is 3. The van der Waals surface area contributed by atoms with Gasteiger partial charge in [0.1, 0.15) is 0 Å². The minimum Gasteiger partial charge on any atom is -0.464 e. The van der Waals surface area contributed by atoms with Crippen LogP contribution in [0.4, 0.5) is 0 Å². The number of ether oxygens (including phenoxy) is 1. The minimum absolute atomic E-state index is 0.0169. The van der Waals surface area contributed by atoms with Gasteiger partial charge >= 0.3 is 5.97 Å². The molecular weight excluding hydrogens is 238 g/mol. The first-order valence-corrected chi connectivity index (χ1v) is 5.94. The second-order valence-electron chi connectivity index (χ2n) is 4.06. The van der Waals surface area contributed by atoms with Crippen molar-refractivity contribution >= 4 is 17.8 Å². The summed E-state index contributed by atoms with van der Waals surface area (Å²) in [4.78, 5) is 37.5. The molecule has 2 N–H and O–H groups in total. The van der Waals surface area contributed by atoms with Crippen LogP contribution in [0.5, 0.6) is 0 Å². The van der Waals surface area contributed by atoms with Crippen LogP contribution in [0, 0.1) is 0 Å². The molecule has 0 aliphatic carbocycles. The zero-order valence-electron chi connectivity index (χ0n) is 10.7. The minimum atomic E-state index is -1.27. The Hall–Kier alpha value is -1.63. The second-order valence-corrected chi connectivity index (χ2v) is 4.06. The Morgan fingerprint density at radius 1 is 1.17 bits per heavy atom. The third-order valence-corrected chi connectivity index (χ3v) is 2.84. The van der Waals surface area contributed by atoms with Gasteiger partial charge in [0, 0.05) is 33.1 Å². The van der Waals surface area contributed by atoms with Crippen molar-refractivity contribution in [2.24, 2.45) is 5.73 Å². The maximum absolute atomic E-state index is 11.9. The number of carbonyl (C=O) groups excluding carboxylic acids is 3. The Morgan fingerprint density at radius 2 is 1.67 bits per heavy atom. The maximum Gasteiger partial charge on any atom is 0.332 e. The number of nitrogens with zero attached hydrogens (tertiary/aromatic N) is 2. The zero-order chi connectivity index (χ0) is 13.7. The Labute approximate surface area is 106 Å². The molecule has 1 saturated heterocycles. The van der Waals surface area contributed by atoms with E-state index in [2.05, 4.69) is 0 Å². The lowest BCUT2D eigenvalue weighted by Crippen LogP contribution is -2.56. The van der Waals surface area contributed by atoms with E-state index in [0.717, 1.165) is 0 Å². The van der Waals surface area contributed by atoms with Crippen LogP contribution in [-0.2, 0) is 19.1 Å². The van der Waals surface area contributed by atoms with E-state index in [0.29, 0.717) is 26.2 Å². The number of hydrogen-bond donors (Lipinski definition) is 1. The van der Waals surface area contributed by atoms with Crippen molar-refractivity contribution in [2.75, 3.05) is 32.8 Å². The first-order chi connectivity index (χ1) is 8.47. The van der Waals surface area contributed by atoms with E-state index in [4.69, 9.17) is 10.5 Å². The average Bonchev–Trinajstić information content (AvgIpc) is 2.37. The highest BCUT2D eigenvalue weighted by Gasteiger charge is 2.30. The Morgan fingerprint density at radius 3 is 2.11 bits per heavy atom. The fourth-order valence-electron chi connectivity index (χ4n) is 1.77. The molecule has 0 aromatic heterocycles. The molecular formula is C11H19N3O4. The molecule has 0 saturated carbocycles. The lowest BCUT2D eigenvalue weighted by atomic mass is 10.2. The molecule has 1 aliphatic heterocycles. The summed E-state index contributed by atoms with van der Waals surface area (Å²) in [5, 5.41) is 0. The van der Waals surface area contributed by atoms with Gasteiger partial charge in [0.2, 0.25) is 5.91 Å². The summed E-state index contributed by atoms with van der Waals surface area (Å²) in [5.41, 5.74) is 5.53. The van der Waals surface area contributed by atoms with Gasteiger partial charge in [0.05, 0.1) is 6.61 Å². The van der Waals surface area contributed by atoms with Crippen LogP contribution in [0.2, 0.25) is 0 Å². The predicted molar refractivity (Wildman–Crippen MR) is 63.4 cm³/mol. The SMILES string of the molecule is CCOC(=O)C(N)C(=O)N1CCN(C(C)=O)CC1. The normalized spacial score (nSPS) is 17.3. The van der Waals surface area contributed by atoms with E-state index in [1.807, 2.05) is 0 Å². The Bertz CT molecular complexity index is 337. The predicted octanol–water partition coefficient (Wildman–Crippen LogP) is -1.43. The summed E-state index contributed by atoms with van der Waals surface area (Å²) in [6, 6.07) is -1.27. The average molecular weight is 257 g/mol. The number of piperazine rings is 1. The molecule has 102 valence electrons. The molecule has 1 unspecified atom stereocenters. The molecule has 1 fully saturated rings. The molecule has 0 bridgehead atoms. The summed E-state index contributed by atoms with van der Waals surface area (Å²) in [5.74, 6) is -1.18. The number of hydrogen-bond acceptors (Lipinski definition) is 5. The van der Waals surface area contributed by atoms with E-state index in [9.17, 15) is 14.4 Å². The summed E-state index contributed by atoms with van der Waals surface area (Å²) >= 11 is 0. The molecule has 1 heterocycles. The number of esters is 1. The van der Waals surface area contributed by atoms with Gasteiger partial charge in [-0.1, -0.05) is 0 Å². The van der Waals surface area contributed by atoms with Crippen LogP contribution in [-0.4, -0.2) is 66.4 Å². The van der Waals surface area contributed by atoms with Gasteiger partial charge in [-0.15, -0.1) is 0 Å². The lowest BCUT2D eigenvalue weighted by molar-refractivity contribution is -0.152. The standard InChI is InChI=1S/C11H19N3O4/c1-3-18-11(17)9(12)10(16)14-6-4-13(5-7-14)8(2)15/h9H,3-7,12H2,1-2H3. The summed E-state index contributed by atoms with van der Waals surface area (Å²) in [7, 11) is 0. The van der Waals surface area contributed by atoms with E-state index >= 15 is 0 Å². The molecule has 1 atom stereocenters. The molecule has 18 heavy (non-hydrogen) atoms. The topological polar surface area (TPSA) is 92.9 Å². The van der Waals surface area contributed by atoms with Crippen LogP contribution < -0.4 is 5.73 Å². The van der Waals surface area contributed by atoms with Crippen LogP contribution in [0.15, 0.2) is 0 Å². The first kappa shape index (κ1) is 14.4. The van der Waals surface area contributed by atoms with Gasteiger partial charge in [-0.25, -0.2) is 4.79 Å². The smallest absolute Gasteiger partial charge is 0.332 e. The van der Waals surface area contributed by atoms with Gasteiger partial charge in [0.15, 0.2) is 6.04 Å². The summed E-state index contributed by atoms with van der Waals surface area (Å²) in [6.45, 7) is 5.06. The molecule has 2 amide bonds. The van der Waals surface area contributed by atoms with Crippen LogP contribution in [0.3, 0.4) is 0 Å². The summed E-state index contributed by atoms with van der Waals surface area (Å²) in [6.07, 6.45) is 0. The third kappa shape index (κ3) is 3.43. The first-order valence-electron chi connectivity index (χ1n) is 5.94. The van der Waals surface area contributed by atoms with Gasteiger partial charge in [0.25, 0.3) is 5.91 Å². The maximum atomic E-state index is 11.9. The highest BCUT2D eigenvalue weighted by atomic mass is 16.5. The Balaban J connectivity index is 2.49. The van der Waals surface area contributed by atoms with Gasteiger partial charge in [-0.3, -0.25) is 9.59 Å². The van der Waals surface area contributed by atoms with Crippen molar-refractivity contribution in [3.05, 3.63) is 0 Å². The highest BCUT2D eigenvalue weighted by Crippen LogP contribution is 2.04. The number of nitrogens with two attached hydrogens (primary N) is 1. The molecule has 1 rings (SSSR count). The van der Waals surface area contributed by atoms with Crippen molar-refractivity contribution in [1.82, 2.24) is 9.80 Å².